The van der Waals surface area contributed by atoms with Gasteiger partial charge in [0.05, 0.1) is 40.6 Å². The monoisotopic (exact) mass is 650 g/mol. The predicted octanol–water partition coefficient (Wildman–Crippen LogP) is 4.44. The van der Waals surface area contributed by atoms with Gasteiger partial charge in [0.1, 0.15) is 11.8 Å². The van der Waals surface area contributed by atoms with Crippen molar-refractivity contribution in [3.8, 4) is 17.2 Å². The van der Waals surface area contributed by atoms with E-state index in [1.807, 2.05) is 31.2 Å². The van der Waals surface area contributed by atoms with E-state index < -0.39 is 12.0 Å². The molecule has 0 saturated heterocycles. The van der Waals surface area contributed by atoms with E-state index in [0.717, 1.165) is 0 Å². The van der Waals surface area contributed by atoms with Crippen LogP contribution in [0.15, 0.2) is 60.3 Å². The molecule has 0 amide bonds. The third kappa shape index (κ3) is 4.99. The minimum Gasteiger partial charge on any atom is -0.503 e. The van der Waals surface area contributed by atoms with Gasteiger partial charge >= 0.3 is 5.97 Å². The Morgan fingerprint density at radius 1 is 1.19 bits per heavy atom. The van der Waals surface area contributed by atoms with Crippen molar-refractivity contribution in [2.45, 2.75) is 26.8 Å². The summed E-state index contributed by atoms with van der Waals surface area (Å²) in [4.78, 5) is 32.0. The standard InChI is InChI=1S/C26H24Br2N2O6S/c1-5-35-16-10-8-7-9-15(16)22-19(25(33)36-6-2)13(3)29-26-30(22)24(32)18(37-26)12-14-11-17(34-4)23(31)21(28)20(14)27/h7-12,22,31H,5-6H2,1-4H3/b18-12-/t22-/m1/s1. The van der Waals surface area contributed by atoms with Crippen LogP contribution >= 0.6 is 43.2 Å². The summed E-state index contributed by atoms with van der Waals surface area (Å²) in [6.45, 7) is 5.94. The number of carbonyl (C=O) groups is 1. The molecule has 0 aliphatic carbocycles. The Labute approximate surface area is 233 Å². The highest BCUT2D eigenvalue weighted by atomic mass is 79.9. The van der Waals surface area contributed by atoms with Crippen LogP contribution in [-0.4, -0.2) is 36.0 Å². The molecule has 11 heteroatoms. The van der Waals surface area contributed by atoms with Gasteiger partial charge in [-0.15, -0.1) is 0 Å². The van der Waals surface area contributed by atoms with Gasteiger partial charge in [-0.2, -0.15) is 0 Å². The number of allylic oxidation sites excluding steroid dienone is 1. The van der Waals surface area contributed by atoms with Crippen LogP contribution in [0.25, 0.3) is 6.08 Å². The molecule has 2 heterocycles. The lowest BCUT2D eigenvalue weighted by molar-refractivity contribution is -0.139. The number of nitrogens with zero attached hydrogens (tertiary/aromatic N) is 2. The molecule has 194 valence electrons. The maximum Gasteiger partial charge on any atom is 0.338 e. The number of phenolic OH excluding ortho intramolecular Hbond substituents is 1. The first kappa shape index (κ1) is 27.2. The Bertz CT molecular complexity index is 1590. The first-order valence-corrected chi connectivity index (χ1v) is 13.8. The van der Waals surface area contributed by atoms with Crippen molar-refractivity contribution in [3.05, 3.63) is 81.4 Å². The first-order valence-electron chi connectivity index (χ1n) is 11.4. The first-order chi connectivity index (χ1) is 17.7. The quantitative estimate of drug-likeness (QED) is 0.380. The normalized spacial score (nSPS) is 15.3. The molecule has 2 aromatic carbocycles. The number of para-hydroxylation sites is 1. The Morgan fingerprint density at radius 2 is 1.92 bits per heavy atom. The highest BCUT2D eigenvalue weighted by Gasteiger charge is 2.35. The zero-order chi connectivity index (χ0) is 26.9. The average Bonchev–Trinajstić information content (AvgIpc) is 3.18. The van der Waals surface area contributed by atoms with Gasteiger partial charge in [-0.05, 0) is 76.4 Å². The van der Waals surface area contributed by atoms with Crippen LogP contribution in [-0.2, 0) is 9.53 Å². The summed E-state index contributed by atoms with van der Waals surface area (Å²) in [5, 5.41) is 10.3. The SMILES string of the molecule is CCOC(=O)C1=C(C)N=c2s/c(=C\c3cc(OC)c(O)c(Br)c3Br)c(=O)n2[C@@H]1c1ccccc1OCC. The number of aromatic hydroxyl groups is 1. The minimum atomic E-state index is -0.787. The van der Waals surface area contributed by atoms with Crippen LogP contribution in [0, 0.1) is 0 Å². The lowest BCUT2D eigenvalue weighted by Gasteiger charge is -2.26. The molecule has 4 rings (SSSR count). The lowest BCUT2D eigenvalue weighted by atomic mass is 9.95. The van der Waals surface area contributed by atoms with Crippen molar-refractivity contribution < 1.29 is 24.1 Å². The van der Waals surface area contributed by atoms with E-state index in [4.69, 9.17) is 14.2 Å². The van der Waals surface area contributed by atoms with Crippen molar-refractivity contribution in [1.82, 2.24) is 4.57 Å². The van der Waals surface area contributed by atoms with E-state index in [0.29, 0.717) is 47.5 Å². The summed E-state index contributed by atoms with van der Waals surface area (Å²) in [6.07, 6.45) is 1.69. The molecule has 0 spiro atoms. The average molecular weight is 652 g/mol. The number of fused-ring (bicyclic) bond motifs is 1. The van der Waals surface area contributed by atoms with Crippen molar-refractivity contribution >= 4 is 55.2 Å². The maximum absolute atomic E-state index is 13.9. The molecule has 1 aliphatic rings. The van der Waals surface area contributed by atoms with Gasteiger partial charge < -0.3 is 19.3 Å². The van der Waals surface area contributed by atoms with Gasteiger partial charge in [0.2, 0.25) is 0 Å². The van der Waals surface area contributed by atoms with E-state index in [2.05, 4.69) is 36.9 Å². The van der Waals surface area contributed by atoms with Crippen molar-refractivity contribution in [2.24, 2.45) is 4.99 Å². The van der Waals surface area contributed by atoms with E-state index in [1.165, 1.54) is 23.0 Å². The second kappa shape index (κ2) is 11.2. The summed E-state index contributed by atoms with van der Waals surface area (Å²) in [6, 6.07) is 8.16. The number of aromatic nitrogens is 1. The zero-order valence-corrected chi connectivity index (χ0v) is 24.5. The number of hydrogen-bond acceptors (Lipinski definition) is 8. The van der Waals surface area contributed by atoms with E-state index in [9.17, 15) is 14.7 Å². The molecule has 0 bridgehead atoms. The molecule has 1 N–H and O–H groups in total. The van der Waals surface area contributed by atoms with Crippen LogP contribution < -0.4 is 24.4 Å². The fraction of sp³-hybridized carbons (Fsp3) is 0.269. The second-order valence-electron chi connectivity index (χ2n) is 7.92. The van der Waals surface area contributed by atoms with Crippen LogP contribution in [0.4, 0.5) is 0 Å². The number of rotatable bonds is 7. The molecule has 1 atom stereocenters. The third-order valence-electron chi connectivity index (χ3n) is 5.71. The summed E-state index contributed by atoms with van der Waals surface area (Å²) in [7, 11) is 1.45. The van der Waals surface area contributed by atoms with Crippen molar-refractivity contribution in [1.29, 1.82) is 0 Å². The van der Waals surface area contributed by atoms with E-state index >= 15 is 0 Å². The number of carbonyl (C=O) groups excluding carboxylic acids is 1. The largest absolute Gasteiger partial charge is 0.503 e. The fourth-order valence-corrected chi connectivity index (χ4v) is 5.97. The number of methoxy groups -OCH3 is 1. The summed E-state index contributed by atoms with van der Waals surface area (Å²) >= 11 is 8.02. The zero-order valence-electron chi connectivity index (χ0n) is 20.5. The predicted molar refractivity (Wildman–Crippen MR) is 148 cm³/mol. The Kier molecular flexibility index (Phi) is 8.25. The number of ether oxygens (including phenoxy) is 3. The van der Waals surface area contributed by atoms with Gasteiger partial charge in [-0.25, -0.2) is 9.79 Å². The lowest BCUT2D eigenvalue weighted by Crippen LogP contribution is -2.40. The molecular formula is C26H24Br2N2O6S. The van der Waals surface area contributed by atoms with Gasteiger partial charge in [0.15, 0.2) is 16.3 Å². The van der Waals surface area contributed by atoms with Crippen LogP contribution in [0.3, 0.4) is 0 Å². The van der Waals surface area contributed by atoms with Gasteiger partial charge in [-0.1, -0.05) is 29.5 Å². The number of phenols is 1. The highest BCUT2D eigenvalue weighted by Crippen LogP contribution is 2.42. The third-order valence-corrected chi connectivity index (χ3v) is 8.85. The Morgan fingerprint density at radius 3 is 2.59 bits per heavy atom. The Hall–Kier alpha value is -2.89. The molecule has 8 nitrogen and oxygen atoms in total. The Balaban J connectivity index is 2.01. The van der Waals surface area contributed by atoms with Gasteiger partial charge in [0, 0.05) is 10.0 Å². The number of hydrogen-bond donors (Lipinski definition) is 1. The molecule has 37 heavy (non-hydrogen) atoms. The number of thiazole rings is 1. The fourth-order valence-electron chi connectivity index (χ4n) is 4.09. The van der Waals surface area contributed by atoms with Crippen LogP contribution in [0.2, 0.25) is 0 Å². The topological polar surface area (TPSA) is 99.4 Å². The van der Waals surface area contributed by atoms with E-state index in [1.54, 1.807) is 26.0 Å². The van der Waals surface area contributed by atoms with E-state index in [-0.39, 0.29) is 29.2 Å². The maximum atomic E-state index is 13.9. The van der Waals surface area contributed by atoms with Crippen LogP contribution in [0.1, 0.15) is 37.9 Å². The summed E-state index contributed by atoms with van der Waals surface area (Å²) < 4.78 is 19.3. The number of esters is 1. The molecule has 0 unspecified atom stereocenters. The molecule has 0 radical (unpaired) electrons. The molecule has 3 aromatic rings. The molecule has 0 saturated carbocycles. The number of halogens is 2. The highest BCUT2D eigenvalue weighted by molar-refractivity contribution is 9.13. The van der Waals surface area contributed by atoms with Crippen molar-refractivity contribution in [3.63, 3.8) is 0 Å². The second-order valence-corrected chi connectivity index (χ2v) is 10.5. The number of benzene rings is 2. The minimum absolute atomic E-state index is 0.0600. The molecular weight excluding hydrogens is 628 g/mol. The molecule has 0 fully saturated rings. The van der Waals surface area contributed by atoms with Gasteiger partial charge in [-0.3, -0.25) is 9.36 Å². The van der Waals surface area contributed by atoms with Crippen LogP contribution in [0.5, 0.6) is 17.2 Å². The molecule has 1 aliphatic heterocycles. The smallest absolute Gasteiger partial charge is 0.338 e. The van der Waals surface area contributed by atoms with Crippen molar-refractivity contribution in [2.75, 3.05) is 20.3 Å². The van der Waals surface area contributed by atoms with Gasteiger partial charge in [0.25, 0.3) is 5.56 Å². The molecule has 1 aromatic heterocycles. The summed E-state index contributed by atoms with van der Waals surface area (Å²) in [5.74, 6) is 0.216. The summed E-state index contributed by atoms with van der Waals surface area (Å²) in [5.41, 5.74) is 1.69.